The topological polar surface area (TPSA) is 49.4 Å². The van der Waals surface area contributed by atoms with Gasteiger partial charge in [0.1, 0.15) is 5.82 Å². The first-order valence-corrected chi connectivity index (χ1v) is 7.95. The highest BCUT2D eigenvalue weighted by molar-refractivity contribution is 6.35. The van der Waals surface area contributed by atoms with Crippen LogP contribution in [0.3, 0.4) is 0 Å². The number of hydrogen-bond donors (Lipinski definition) is 1. The van der Waals surface area contributed by atoms with E-state index < -0.39 is 11.8 Å². The summed E-state index contributed by atoms with van der Waals surface area (Å²) < 4.78 is 13.5. The van der Waals surface area contributed by atoms with Gasteiger partial charge in [0.25, 0.3) is 0 Å². The fourth-order valence-electron chi connectivity index (χ4n) is 2.91. The van der Waals surface area contributed by atoms with E-state index in [1.165, 1.54) is 6.07 Å². The second-order valence-corrected chi connectivity index (χ2v) is 5.65. The predicted octanol–water partition coefficient (Wildman–Crippen LogP) is 2.28. The molecule has 1 fully saturated rings. The van der Waals surface area contributed by atoms with Crippen molar-refractivity contribution in [1.82, 2.24) is 10.2 Å². The minimum atomic E-state index is -0.586. The van der Waals surface area contributed by atoms with Crippen molar-refractivity contribution >= 4 is 11.8 Å². The van der Waals surface area contributed by atoms with E-state index in [1.807, 2.05) is 6.92 Å². The van der Waals surface area contributed by atoms with Crippen LogP contribution in [0.1, 0.15) is 38.2 Å². The lowest BCUT2D eigenvalue weighted by Gasteiger charge is -2.34. The highest BCUT2D eigenvalue weighted by Gasteiger charge is 2.29. The maximum absolute atomic E-state index is 13.5. The smallest absolute Gasteiger partial charge is 0.312 e. The largest absolute Gasteiger partial charge is 0.347 e. The Morgan fingerprint density at radius 2 is 2.09 bits per heavy atom. The molecule has 0 aromatic heterocycles. The molecule has 120 valence electrons. The summed E-state index contributed by atoms with van der Waals surface area (Å²) in [5.41, 5.74) is 0.541. The van der Waals surface area contributed by atoms with Gasteiger partial charge in [0.05, 0.1) is 0 Å². The molecule has 1 atom stereocenters. The van der Waals surface area contributed by atoms with Gasteiger partial charge in [-0.1, -0.05) is 25.1 Å². The molecule has 1 aliphatic heterocycles. The normalized spacial score (nSPS) is 18.1. The molecule has 22 heavy (non-hydrogen) atoms. The van der Waals surface area contributed by atoms with Crippen LogP contribution in [0.4, 0.5) is 4.39 Å². The molecule has 2 amide bonds. The molecule has 1 aliphatic rings. The van der Waals surface area contributed by atoms with Crippen molar-refractivity contribution in [2.24, 2.45) is 0 Å². The zero-order valence-electron chi connectivity index (χ0n) is 13.0. The Morgan fingerprint density at radius 1 is 1.32 bits per heavy atom. The molecule has 5 heteroatoms. The van der Waals surface area contributed by atoms with Gasteiger partial charge in [-0.2, -0.15) is 0 Å². The number of amides is 2. The summed E-state index contributed by atoms with van der Waals surface area (Å²) >= 11 is 0. The number of carbonyl (C=O) groups excluding carboxylic acids is 2. The molecule has 0 radical (unpaired) electrons. The number of nitrogens with zero attached hydrogens (tertiary/aromatic N) is 1. The fourth-order valence-corrected chi connectivity index (χ4v) is 2.91. The van der Waals surface area contributed by atoms with Gasteiger partial charge in [0, 0.05) is 19.1 Å². The summed E-state index contributed by atoms with van der Waals surface area (Å²) in [6, 6.07) is 6.62. The third-order valence-corrected chi connectivity index (χ3v) is 4.19. The quantitative estimate of drug-likeness (QED) is 0.868. The predicted molar refractivity (Wildman–Crippen MR) is 82.8 cm³/mol. The van der Waals surface area contributed by atoms with Crippen LogP contribution in [0.5, 0.6) is 0 Å². The first-order valence-electron chi connectivity index (χ1n) is 7.95. The van der Waals surface area contributed by atoms with Crippen LogP contribution in [0, 0.1) is 5.82 Å². The van der Waals surface area contributed by atoms with Crippen molar-refractivity contribution in [2.45, 2.75) is 45.1 Å². The van der Waals surface area contributed by atoms with Gasteiger partial charge >= 0.3 is 11.8 Å². The summed E-state index contributed by atoms with van der Waals surface area (Å²) in [5.74, 6) is -1.33. The van der Waals surface area contributed by atoms with Gasteiger partial charge in [0.15, 0.2) is 0 Å². The highest BCUT2D eigenvalue weighted by atomic mass is 19.1. The Bertz CT molecular complexity index is 533. The van der Waals surface area contributed by atoms with Gasteiger partial charge in [-0.05, 0) is 43.7 Å². The Hall–Kier alpha value is -1.91. The monoisotopic (exact) mass is 306 g/mol. The third kappa shape index (κ3) is 4.06. The number of nitrogens with one attached hydrogen (secondary N) is 1. The average molecular weight is 306 g/mol. The van der Waals surface area contributed by atoms with Crippen LogP contribution >= 0.6 is 0 Å². The SMILES string of the molecule is CCC1CCCCN1C(=O)C(=O)NCCc1ccccc1F. The molecular formula is C17H23FN2O2. The van der Waals surface area contributed by atoms with Gasteiger partial charge in [0.2, 0.25) is 0 Å². The van der Waals surface area contributed by atoms with Gasteiger partial charge in [-0.3, -0.25) is 9.59 Å². The molecule has 1 saturated heterocycles. The number of piperidine rings is 1. The number of hydrogen-bond acceptors (Lipinski definition) is 2. The van der Waals surface area contributed by atoms with Crippen molar-refractivity contribution in [3.63, 3.8) is 0 Å². The summed E-state index contributed by atoms with van der Waals surface area (Å²) in [6.45, 7) is 2.95. The van der Waals surface area contributed by atoms with Crippen LogP contribution in [-0.4, -0.2) is 35.8 Å². The summed E-state index contributed by atoms with van der Waals surface area (Å²) in [5, 5.41) is 2.60. The molecular weight excluding hydrogens is 283 g/mol. The maximum Gasteiger partial charge on any atom is 0.312 e. The van der Waals surface area contributed by atoms with Crippen LogP contribution in [0.2, 0.25) is 0 Å². The second kappa shape index (κ2) is 7.92. The Balaban J connectivity index is 1.84. The number of halogens is 1. The zero-order valence-corrected chi connectivity index (χ0v) is 13.0. The number of rotatable bonds is 4. The van der Waals surface area contributed by atoms with Gasteiger partial charge < -0.3 is 10.2 Å². The lowest BCUT2D eigenvalue weighted by molar-refractivity contribution is -0.148. The summed E-state index contributed by atoms with van der Waals surface area (Å²) in [4.78, 5) is 25.9. The van der Waals surface area contributed by atoms with Crippen LogP contribution in [0.25, 0.3) is 0 Å². The molecule has 1 aromatic carbocycles. The van der Waals surface area contributed by atoms with E-state index in [-0.39, 0.29) is 18.4 Å². The van der Waals surface area contributed by atoms with E-state index in [0.29, 0.717) is 18.5 Å². The molecule has 4 nitrogen and oxygen atoms in total. The standard InChI is InChI=1S/C17H23FN2O2/c1-2-14-8-5-6-12-20(14)17(22)16(21)19-11-10-13-7-3-4-9-15(13)18/h3-4,7,9,14H,2,5-6,8,10-12H2,1H3,(H,19,21). The molecule has 1 aromatic rings. The molecule has 1 heterocycles. The van der Waals surface area contributed by atoms with Gasteiger partial charge in [-0.25, -0.2) is 4.39 Å². The number of carbonyl (C=O) groups is 2. The Labute approximate surface area is 130 Å². The van der Waals surface area contributed by atoms with Crippen LogP contribution < -0.4 is 5.32 Å². The van der Waals surface area contributed by atoms with Crippen molar-refractivity contribution < 1.29 is 14.0 Å². The lowest BCUT2D eigenvalue weighted by atomic mass is 10.00. The minimum Gasteiger partial charge on any atom is -0.347 e. The summed E-state index contributed by atoms with van der Waals surface area (Å²) in [7, 11) is 0. The maximum atomic E-state index is 13.5. The van der Waals surface area contributed by atoms with E-state index in [4.69, 9.17) is 0 Å². The second-order valence-electron chi connectivity index (χ2n) is 5.65. The molecule has 0 spiro atoms. The Morgan fingerprint density at radius 3 is 2.82 bits per heavy atom. The molecule has 2 rings (SSSR count). The van der Waals surface area contributed by atoms with Crippen molar-refractivity contribution in [3.8, 4) is 0 Å². The molecule has 0 saturated carbocycles. The highest BCUT2D eigenvalue weighted by Crippen LogP contribution is 2.19. The van der Waals surface area contributed by atoms with Gasteiger partial charge in [-0.15, -0.1) is 0 Å². The Kier molecular flexibility index (Phi) is 5.92. The molecule has 1 unspecified atom stereocenters. The minimum absolute atomic E-state index is 0.165. The molecule has 1 N–H and O–H groups in total. The first kappa shape index (κ1) is 16.5. The van der Waals surface area contributed by atoms with E-state index in [9.17, 15) is 14.0 Å². The van der Waals surface area contributed by atoms with Crippen LogP contribution in [-0.2, 0) is 16.0 Å². The van der Waals surface area contributed by atoms with E-state index in [0.717, 1.165) is 25.7 Å². The van der Waals surface area contributed by atoms with Crippen molar-refractivity contribution in [3.05, 3.63) is 35.6 Å². The van der Waals surface area contributed by atoms with E-state index in [2.05, 4.69) is 5.32 Å². The lowest BCUT2D eigenvalue weighted by Crippen LogP contribution is -2.50. The van der Waals surface area contributed by atoms with Crippen molar-refractivity contribution in [2.75, 3.05) is 13.1 Å². The molecule has 0 bridgehead atoms. The fraction of sp³-hybridized carbons (Fsp3) is 0.529. The van der Waals surface area contributed by atoms with E-state index >= 15 is 0 Å². The average Bonchev–Trinajstić information content (AvgIpc) is 2.55. The molecule has 0 aliphatic carbocycles. The number of likely N-dealkylation sites (tertiary alicyclic amines) is 1. The third-order valence-electron chi connectivity index (χ3n) is 4.19. The van der Waals surface area contributed by atoms with E-state index in [1.54, 1.807) is 23.1 Å². The zero-order chi connectivity index (χ0) is 15.9. The van der Waals surface area contributed by atoms with Crippen molar-refractivity contribution in [1.29, 1.82) is 0 Å². The number of benzene rings is 1. The van der Waals surface area contributed by atoms with Crippen LogP contribution in [0.15, 0.2) is 24.3 Å². The summed E-state index contributed by atoms with van der Waals surface area (Å²) in [6.07, 6.45) is 4.27. The first-order chi connectivity index (χ1) is 10.6.